The highest BCUT2D eigenvalue weighted by atomic mass is 127. The van der Waals surface area contributed by atoms with Crippen LogP contribution < -0.4 is 16.0 Å². The third-order valence-corrected chi connectivity index (χ3v) is 3.38. The van der Waals surface area contributed by atoms with Gasteiger partial charge in [-0.05, 0) is 25.0 Å². The van der Waals surface area contributed by atoms with Crippen molar-refractivity contribution in [2.24, 2.45) is 10.7 Å². The number of fused-ring (bicyclic) bond motifs is 1. The van der Waals surface area contributed by atoms with Crippen LogP contribution in [-0.2, 0) is 16.0 Å². The zero-order valence-corrected chi connectivity index (χ0v) is 15.2. The lowest BCUT2D eigenvalue weighted by Crippen LogP contribution is -2.41. The molecule has 0 spiro atoms. The minimum atomic E-state index is -0.0379. The quantitative estimate of drug-likeness (QED) is 0.427. The molecule has 1 aromatic rings. The molecule has 1 unspecified atom stereocenters. The van der Waals surface area contributed by atoms with Crippen LogP contribution in [-0.4, -0.2) is 44.7 Å². The minimum absolute atomic E-state index is 0. The van der Waals surface area contributed by atoms with E-state index in [1.807, 2.05) is 31.2 Å². The highest BCUT2D eigenvalue weighted by Crippen LogP contribution is 2.27. The molecule has 0 aromatic heterocycles. The highest BCUT2D eigenvalue weighted by molar-refractivity contribution is 14.0. The molecule has 3 N–H and O–H groups in total. The lowest BCUT2D eigenvalue weighted by atomic mass is 10.2. The average Bonchev–Trinajstić information content (AvgIpc) is 2.89. The number of amides is 1. The first-order valence-electron chi connectivity index (χ1n) is 7.05. The van der Waals surface area contributed by atoms with Gasteiger partial charge in [0, 0.05) is 25.4 Å². The van der Waals surface area contributed by atoms with Gasteiger partial charge >= 0.3 is 0 Å². The van der Waals surface area contributed by atoms with Crippen LogP contribution in [0.1, 0.15) is 12.5 Å². The molecule has 0 saturated carbocycles. The predicted octanol–water partition coefficient (Wildman–Crippen LogP) is 1.13. The number of nitrogens with two attached hydrogens (primary N) is 1. The smallest absolute Gasteiger partial charge is 0.248 e. The molecule has 0 saturated heterocycles. The van der Waals surface area contributed by atoms with E-state index in [1.165, 1.54) is 5.56 Å². The summed E-state index contributed by atoms with van der Waals surface area (Å²) in [6, 6.07) is 8.00. The van der Waals surface area contributed by atoms with Crippen molar-refractivity contribution in [1.82, 2.24) is 5.32 Å². The number of anilines is 1. The molecule has 1 heterocycles. The molecule has 1 aromatic carbocycles. The van der Waals surface area contributed by atoms with Gasteiger partial charge in [0.05, 0.1) is 6.61 Å². The van der Waals surface area contributed by atoms with Crippen LogP contribution in [0.5, 0.6) is 0 Å². The van der Waals surface area contributed by atoms with Crippen molar-refractivity contribution in [3.05, 3.63) is 29.8 Å². The van der Waals surface area contributed by atoms with E-state index >= 15 is 0 Å². The molecule has 2 rings (SSSR count). The summed E-state index contributed by atoms with van der Waals surface area (Å²) in [6.07, 6.45) is 0.893. The fourth-order valence-corrected chi connectivity index (χ4v) is 2.43. The fraction of sp³-hybridized carbons (Fsp3) is 0.467. The number of ether oxygens (including phenoxy) is 1. The van der Waals surface area contributed by atoms with Crippen molar-refractivity contribution in [2.75, 3.05) is 31.7 Å². The number of rotatable bonds is 5. The Kier molecular flexibility index (Phi) is 7.60. The Morgan fingerprint density at radius 3 is 2.95 bits per heavy atom. The lowest BCUT2D eigenvalue weighted by Gasteiger charge is -2.17. The Bertz CT molecular complexity index is 536. The zero-order valence-electron chi connectivity index (χ0n) is 12.9. The van der Waals surface area contributed by atoms with E-state index in [4.69, 9.17) is 10.5 Å². The monoisotopic (exact) mass is 418 g/mol. The second-order valence-corrected chi connectivity index (χ2v) is 5.13. The van der Waals surface area contributed by atoms with Gasteiger partial charge in [0.25, 0.3) is 0 Å². The summed E-state index contributed by atoms with van der Waals surface area (Å²) in [5.41, 5.74) is 7.95. The van der Waals surface area contributed by atoms with E-state index in [0.29, 0.717) is 13.2 Å². The molecule has 6 nitrogen and oxygen atoms in total. The van der Waals surface area contributed by atoms with Crippen molar-refractivity contribution in [3.63, 3.8) is 0 Å². The predicted molar refractivity (Wildman–Crippen MR) is 98.9 cm³/mol. The number of hydrogen-bond acceptors (Lipinski definition) is 3. The molecule has 1 aliphatic rings. The molecule has 0 fully saturated rings. The van der Waals surface area contributed by atoms with E-state index in [0.717, 1.165) is 12.1 Å². The molecule has 0 radical (unpaired) electrons. The number of nitrogens with zero attached hydrogens (tertiary/aromatic N) is 2. The fourth-order valence-electron chi connectivity index (χ4n) is 2.43. The summed E-state index contributed by atoms with van der Waals surface area (Å²) in [6.45, 7) is 3.22. The molecule has 1 atom stereocenters. The highest BCUT2D eigenvalue weighted by Gasteiger charge is 2.23. The van der Waals surface area contributed by atoms with E-state index in [-0.39, 0.29) is 48.4 Å². The Morgan fingerprint density at radius 2 is 2.23 bits per heavy atom. The standard InChI is InChI=1S/C15H22N4O2.HI/c1-11(10-21-2)18-15(16)17-9-14(20)19-8-7-12-5-3-4-6-13(12)19;/h3-6,11H,7-10H2,1-2H3,(H3,16,17,18);1H. The van der Waals surface area contributed by atoms with Crippen LogP contribution in [0.15, 0.2) is 29.3 Å². The van der Waals surface area contributed by atoms with E-state index in [1.54, 1.807) is 12.0 Å². The average molecular weight is 418 g/mol. The van der Waals surface area contributed by atoms with Crippen molar-refractivity contribution in [3.8, 4) is 0 Å². The number of methoxy groups -OCH3 is 1. The van der Waals surface area contributed by atoms with Gasteiger partial charge in [0.2, 0.25) is 5.91 Å². The minimum Gasteiger partial charge on any atom is -0.383 e. The molecule has 0 bridgehead atoms. The SMILES string of the molecule is COCC(C)NC(N)=NCC(=O)N1CCc2ccccc21.I. The molecular formula is C15H23IN4O2. The van der Waals surface area contributed by atoms with Crippen molar-refractivity contribution < 1.29 is 9.53 Å². The van der Waals surface area contributed by atoms with Crippen LogP contribution in [0, 0.1) is 0 Å². The number of carbonyl (C=O) groups excluding carboxylic acids is 1. The summed E-state index contributed by atoms with van der Waals surface area (Å²) in [5.74, 6) is 0.226. The summed E-state index contributed by atoms with van der Waals surface area (Å²) >= 11 is 0. The van der Waals surface area contributed by atoms with Crippen LogP contribution in [0.3, 0.4) is 0 Å². The number of halogens is 1. The Hall–Kier alpha value is -1.35. The van der Waals surface area contributed by atoms with Crippen molar-refractivity contribution in [2.45, 2.75) is 19.4 Å². The molecule has 122 valence electrons. The second kappa shape index (κ2) is 8.94. The van der Waals surface area contributed by atoms with Gasteiger partial charge < -0.3 is 20.7 Å². The Morgan fingerprint density at radius 1 is 1.50 bits per heavy atom. The summed E-state index contributed by atoms with van der Waals surface area (Å²) in [7, 11) is 1.62. The van der Waals surface area contributed by atoms with Gasteiger partial charge in [-0.3, -0.25) is 4.79 Å². The molecular weight excluding hydrogens is 395 g/mol. The van der Waals surface area contributed by atoms with Gasteiger partial charge in [0.1, 0.15) is 6.54 Å². The van der Waals surface area contributed by atoms with Crippen LogP contribution in [0.25, 0.3) is 0 Å². The van der Waals surface area contributed by atoms with Gasteiger partial charge in [0.15, 0.2) is 5.96 Å². The number of hydrogen-bond donors (Lipinski definition) is 2. The van der Waals surface area contributed by atoms with Gasteiger partial charge in [-0.25, -0.2) is 4.99 Å². The van der Waals surface area contributed by atoms with Gasteiger partial charge in [-0.2, -0.15) is 0 Å². The first-order valence-corrected chi connectivity index (χ1v) is 7.05. The molecule has 1 aliphatic heterocycles. The molecule has 22 heavy (non-hydrogen) atoms. The Balaban J connectivity index is 0.00000242. The van der Waals surface area contributed by atoms with Crippen LogP contribution >= 0.6 is 24.0 Å². The van der Waals surface area contributed by atoms with E-state index in [9.17, 15) is 4.79 Å². The number of guanidine groups is 1. The topological polar surface area (TPSA) is 80.0 Å². The Labute approximate surface area is 148 Å². The maximum Gasteiger partial charge on any atom is 0.248 e. The van der Waals surface area contributed by atoms with E-state index < -0.39 is 0 Å². The van der Waals surface area contributed by atoms with Gasteiger partial charge in [-0.15, -0.1) is 24.0 Å². The van der Waals surface area contributed by atoms with Crippen molar-refractivity contribution >= 4 is 41.5 Å². The van der Waals surface area contributed by atoms with Crippen molar-refractivity contribution in [1.29, 1.82) is 0 Å². The van der Waals surface area contributed by atoms with Crippen LogP contribution in [0.2, 0.25) is 0 Å². The molecule has 7 heteroatoms. The first-order chi connectivity index (χ1) is 10.1. The third kappa shape index (κ3) is 4.84. The zero-order chi connectivity index (χ0) is 15.2. The number of nitrogens with one attached hydrogen (secondary N) is 1. The number of para-hydroxylation sites is 1. The summed E-state index contributed by atoms with van der Waals surface area (Å²) in [4.78, 5) is 18.1. The maximum atomic E-state index is 12.2. The van der Waals surface area contributed by atoms with Gasteiger partial charge in [-0.1, -0.05) is 18.2 Å². The van der Waals surface area contributed by atoms with E-state index in [2.05, 4.69) is 10.3 Å². The second-order valence-electron chi connectivity index (χ2n) is 5.13. The third-order valence-electron chi connectivity index (χ3n) is 3.38. The first kappa shape index (κ1) is 18.7. The molecule has 0 aliphatic carbocycles. The maximum absolute atomic E-state index is 12.2. The lowest BCUT2D eigenvalue weighted by molar-refractivity contribution is -0.117. The van der Waals surface area contributed by atoms with Crippen LogP contribution in [0.4, 0.5) is 5.69 Å². The number of benzene rings is 1. The largest absolute Gasteiger partial charge is 0.383 e. The number of aliphatic imine (C=N–C) groups is 1. The normalized spacial score (nSPS) is 15.0. The number of carbonyl (C=O) groups is 1. The summed E-state index contributed by atoms with van der Waals surface area (Å²) in [5, 5.41) is 2.98. The summed E-state index contributed by atoms with van der Waals surface area (Å²) < 4.78 is 5.00. The molecule has 1 amide bonds.